The smallest absolute Gasteiger partial charge is 0.259 e. The average molecular weight is 372 g/mol. The fraction of sp³-hybridized carbons (Fsp3) is 0.0556. The third-order valence-corrected chi connectivity index (χ3v) is 4.46. The van der Waals surface area contributed by atoms with E-state index in [2.05, 4.69) is 15.6 Å². The number of rotatable bonds is 5. The highest BCUT2D eigenvalue weighted by molar-refractivity contribution is 7.13. The molecule has 5 nitrogen and oxygen atoms in total. The zero-order chi connectivity index (χ0) is 17.6. The van der Waals surface area contributed by atoms with Crippen molar-refractivity contribution >= 4 is 45.6 Å². The number of aromatic nitrogens is 1. The van der Waals surface area contributed by atoms with Crippen LogP contribution < -0.4 is 10.6 Å². The number of hydrogen-bond acceptors (Lipinski definition) is 4. The molecule has 0 saturated heterocycles. The number of nitrogens with zero attached hydrogens (tertiary/aromatic N) is 1. The first kappa shape index (κ1) is 17.1. The van der Waals surface area contributed by atoms with E-state index in [1.165, 1.54) is 11.3 Å². The van der Waals surface area contributed by atoms with Crippen molar-refractivity contribution in [2.24, 2.45) is 0 Å². The minimum atomic E-state index is -0.330. The minimum Gasteiger partial charge on any atom is -0.325 e. The van der Waals surface area contributed by atoms with Gasteiger partial charge in [0.25, 0.3) is 5.91 Å². The molecule has 2 N–H and O–H groups in total. The Morgan fingerprint density at radius 1 is 1.04 bits per heavy atom. The highest BCUT2D eigenvalue weighted by atomic mass is 35.5. The Balaban J connectivity index is 1.73. The van der Waals surface area contributed by atoms with Gasteiger partial charge in [0.1, 0.15) is 0 Å². The Hall–Kier alpha value is -2.70. The molecule has 0 bridgehead atoms. The van der Waals surface area contributed by atoms with Crippen LogP contribution >= 0.6 is 22.9 Å². The molecule has 0 radical (unpaired) electrons. The van der Waals surface area contributed by atoms with Crippen molar-refractivity contribution in [3.63, 3.8) is 0 Å². The van der Waals surface area contributed by atoms with E-state index in [0.29, 0.717) is 21.4 Å². The topological polar surface area (TPSA) is 71.1 Å². The largest absolute Gasteiger partial charge is 0.325 e. The van der Waals surface area contributed by atoms with Crippen LogP contribution in [0.2, 0.25) is 5.02 Å². The minimum absolute atomic E-state index is 0.127. The van der Waals surface area contributed by atoms with Crippen molar-refractivity contribution in [1.29, 1.82) is 0 Å². The standard InChI is InChI=1S/C18H14ClN3O2S/c19-14-7-3-1-5-12(14)11-16(23)21-15-8-4-2-6-13(15)17(24)22-18-20-9-10-25-18/h1-10H,11H2,(H,21,23)(H,20,22,24). The zero-order valence-corrected chi connectivity index (χ0v) is 14.6. The Labute approximate surface area is 153 Å². The van der Waals surface area contributed by atoms with Gasteiger partial charge < -0.3 is 5.32 Å². The molecule has 0 saturated carbocycles. The Bertz CT molecular complexity index is 897. The summed E-state index contributed by atoms with van der Waals surface area (Å²) in [6.07, 6.45) is 1.74. The van der Waals surface area contributed by atoms with Gasteiger partial charge in [0.2, 0.25) is 5.91 Å². The van der Waals surface area contributed by atoms with Gasteiger partial charge in [0, 0.05) is 16.6 Å². The molecule has 3 rings (SSSR count). The van der Waals surface area contributed by atoms with Crippen LogP contribution in [0.3, 0.4) is 0 Å². The highest BCUT2D eigenvalue weighted by Crippen LogP contribution is 2.20. The molecule has 0 aliphatic heterocycles. The van der Waals surface area contributed by atoms with Crippen molar-refractivity contribution in [2.75, 3.05) is 10.6 Å². The molecule has 3 aromatic rings. The van der Waals surface area contributed by atoms with Gasteiger partial charge in [0.15, 0.2) is 5.13 Å². The maximum atomic E-state index is 12.4. The SMILES string of the molecule is O=C(Cc1ccccc1Cl)Nc1ccccc1C(=O)Nc1nccs1. The highest BCUT2D eigenvalue weighted by Gasteiger charge is 2.15. The van der Waals surface area contributed by atoms with Crippen molar-refractivity contribution in [1.82, 2.24) is 4.98 Å². The lowest BCUT2D eigenvalue weighted by atomic mass is 10.1. The predicted octanol–water partition coefficient (Wildman–Crippen LogP) is 4.23. The monoisotopic (exact) mass is 371 g/mol. The number of para-hydroxylation sites is 1. The predicted molar refractivity (Wildman–Crippen MR) is 100 cm³/mol. The van der Waals surface area contributed by atoms with Gasteiger partial charge in [0.05, 0.1) is 17.7 Å². The van der Waals surface area contributed by atoms with E-state index < -0.39 is 0 Å². The van der Waals surface area contributed by atoms with E-state index in [0.717, 1.165) is 5.56 Å². The lowest BCUT2D eigenvalue weighted by Crippen LogP contribution is -2.19. The van der Waals surface area contributed by atoms with Gasteiger partial charge in [-0.05, 0) is 23.8 Å². The molecule has 0 atom stereocenters. The first-order valence-electron chi connectivity index (χ1n) is 7.46. The summed E-state index contributed by atoms with van der Waals surface area (Å²) in [7, 11) is 0. The summed E-state index contributed by atoms with van der Waals surface area (Å²) in [5.41, 5.74) is 1.53. The Kier molecular flexibility index (Phi) is 5.42. The van der Waals surface area contributed by atoms with E-state index in [1.807, 2.05) is 12.1 Å². The molecule has 7 heteroatoms. The van der Waals surface area contributed by atoms with Crippen LogP contribution in [-0.4, -0.2) is 16.8 Å². The second-order valence-electron chi connectivity index (χ2n) is 5.15. The second kappa shape index (κ2) is 7.92. The van der Waals surface area contributed by atoms with Crippen LogP contribution in [-0.2, 0) is 11.2 Å². The molecular weight excluding hydrogens is 358 g/mol. The number of hydrogen-bond donors (Lipinski definition) is 2. The number of anilines is 2. The van der Waals surface area contributed by atoms with E-state index in [1.54, 1.807) is 48.0 Å². The van der Waals surface area contributed by atoms with Crippen LogP contribution in [0.4, 0.5) is 10.8 Å². The van der Waals surface area contributed by atoms with Crippen LogP contribution in [0.25, 0.3) is 0 Å². The molecule has 25 heavy (non-hydrogen) atoms. The molecule has 0 fully saturated rings. The number of amides is 2. The molecule has 126 valence electrons. The quantitative estimate of drug-likeness (QED) is 0.705. The lowest BCUT2D eigenvalue weighted by Gasteiger charge is -2.11. The van der Waals surface area contributed by atoms with Crippen molar-refractivity contribution in [3.8, 4) is 0 Å². The first-order chi connectivity index (χ1) is 12.1. The summed E-state index contributed by atoms with van der Waals surface area (Å²) in [4.78, 5) is 28.7. The van der Waals surface area contributed by atoms with E-state index in [9.17, 15) is 9.59 Å². The van der Waals surface area contributed by atoms with Crippen LogP contribution in [0.15, 0.2) is 60.1 Å². The molecule has 1 heterocycles. The normalized spacial score (nSPS) is 10.3. The van der Waals surface area contributed by atoms with Gasteiger partial charge >= 0.3 is 0 Å². The van der Waals surface area contributed by atoms with Crippen LogP contribution in [0, 0.1) is 0 Å². The third-order valence-electron chi connectivity index (χ3n) is 3.41. The number of carbonyl (C=O) groups is 2. The van der Waals surface area contributed by atoms with Gasteiger partial charge in [-0.15, -0.1) is 11.3 Å². The molecule has 1 aromatic heterocycles. The zero-order valence-electron chi connectivity index (χ0n) is 13.0. The van der Waals surface area contributed by atoms with E-state index >= 15 is 0 Å². The molecule has 2 aromatic carbocycles. The van der Waals surface area contributed by atoms with E-state index in [4.69, 9.17) is 11.6 Å². The molecule has 0 aliphatic rings. The van der Waals surface area contributed by atoms with Gasteiger partial charge in [-0.3, -0.25) is 14.9 Å². The second-order valence-corrected chi connectivity index (χ2v) is 6.46. The summed E-state index contributed by atoms with van der Waals surface area (Å²) < 4.78 is 0. The van der Waals surface area contributed by atoms with Crippen LogP contribution in [0.1, 0.15) is 15.9 Å². The summed E-state index contributed by atoms with van der Waals surface area (Å²) in [6.45, 7) is 0. The van der Waals surface area contributed by atoms with Crippen molar-refractivity contribution in [3.05, 3.63) is 76.3 Å². The van der Waals surface area contributed by atoms with Gasteiger partial charge in [-0.25, -0.2) is 4.98 Å². The number of thiazole rings is 1. The summed E-state index contributed by atoms with van der Waals surface area (Å²) in [5, 5.41) is 8.29. The van der Waals surface area contributed by atoms with Gasteiger partial charge in [-0.2, -0.15) is 0 Å². The summed E-state index contributed by atoms with van der Waals surface area (Å²) in [5.74, 6) is -0.578. The number of carbonyl (C=O) groups excluding carboxylic acids is 2. The maximum Gasteiger partial charge on any atom is 0.259 e. The summed E-state index contributed by atoms with van der Waals surface area (Å²) >= 11 is 7.41. The van der Waals surface area contributed by atoms with Crippen molar-refractivity contribution < 1.29 is 9.59 Å². The number of benzene rings is 2. The van der Waals surface area contributed by atoms with Crippen LogP contribution in [0.5, 0.6) is 0 Å². The fourth-order valence-electron chi connectivity index (χ4n) is 2.25. The van der Waals surface area contributed by atoms with E-state index in [-0.39, 0.29) is 18.2 Å². The molecule has 0 aliphatic carbocycles. The van der Waals surface area contributed by atoms with Gasteiger partial charge in [-0.1, -0.05) is 41.9 Å². The average Bonchev–Trinajstić information content (AvgIpc) is 3.10. The fourth-order valence-corrected chi connectivity index (χ4v) is 2.98. The third kappa shape index (κ3) is 4.43. The Morgan fingerprint density at radius 3 is 2.56 bits per heavy atom. The molecule has 2 amide bonds. The lowest BCUT2D eigenvalue weighted by molar-refractivity contribution is -0.115. The molecule has 0 spiro atoms. The number of nitrogens with one attached hydrogen (secondary N) is 2. The Morgan fingerprint density at radius 2 is 1.80 bits per heavy atom. The molecular formula is C18H14ClN3O2S. The summed E-state index contributed by atoms with van der Waals surface area (Å²) in [6, 6.07) is 14.0. The van der Waals surface area contributed by atoms with Crippen molar-refractivity contribution in [2.45, 2.75) is 6.42 Å². The molecule has 0 unspecified atom stereocenters. The number of halogens is 1. The maximum absolute atomic E-state index is 12.4. The first-order valence-corrected chi connectivity index (χ1v) is 8.72.